The number of nitrogens with zero attached hydrogens (tertiary/aromatic N) is 1. The molecule has 0 heterocycles. The van der Waals surface area contributed by atoms with Crippen LogP contribution in [0, 0.1) is 10.7 Å². The third-order valence-corrected chi connectivity index (χ3v) is 3.63. The third-order valence-electron chi connectivity index (χ3n) is 3.06. The van der Waals surface area contributed by atoms with E-state index in [4.69, 9.17) is 5.26 Å². The number of thiocyanates is 1. The molecule has 92 valence electrons. The van der Waals surface area contributed by atoms with E-state index in [1.807, 2.05) is 0 Å². The molecule has 0 aliphatic heterocycles. The van der Waals surface area contributed by atoms with Gasteiger partial charge in [-0.05, 0) is 40.6 Å². The Bertz CT molecular complexity index is 381. The lowest BCUT2D eigenvalue weighted by Crippen LogP contribution is -2.10. The van der Waals surface area contributed by atoms with Gasteiger partial charge in [0, 0.05) is 5.75 Å². The van der Waals surface area contributed by atoms with Gasteiger partial charge in [0.05, 0.1) is 0 Å². The molecular weight excluding hydrogens is 226 g/mol. The van der Waals surface area contributed by atoms with Crippen molar-refractivity contribution in [2.45, 2.75) is 45.4 Å². The smallest absolute Gasteiger partial charge is 0.133 e. The van der Waals surface area contributed by atoms with Gasteiger partial charge in [-0.3, -0.25) is 0 Å². The molecule has 0 aliphatic rings. The molecule has 1 unspecified atom stereocenters. The van der Waals surface area contributed by atoms with Crippen LogP contribution in [0.4, 0.5) is 0 Å². The maximum absolute atomic E-state index is 8.49. The molecule has 0 saturated heterocycles. The van der Waals surface area contributed by atoms with Crippen LogP contribution in [0.5, 0.6) is 0 Å². The molecule has 0 radical (unpaired) electrons. The summed E-state index contributed by atoms with van der Waals surface area (Å²) in [5.41, 5.74) is 2.97. The molecule has 17 heavy (non-hydrogen) atoms. The zero-order valence-electron chi connectivity index (χ0n) is 11.2. The highest BCUT2D eigenvalue weighted by molar-refractivity contribution is 8.03. The quantitative estimate of drug-likeness (QED) is 0.569. The molecule has 1 atom stereocenters. The molecule has 2 heteroatoms. The first-order valence-corrected chi connectivity index (χ1v) is 7.05. The van der Waals surface area contributed by atoms with Crippen molar-refractivity contribution in [1.29, 1.82) is 5.26 Å². The summed E-state index contributed by atoms with van der Waals surface area (Å²) in [6, 6.07) is 8.90. The van der Waals surface area contributed by atoms with Crippen molar-refractivity contribution >= 4 is 11.8 Å². The predicted molar refractivity (Wildman–Crippen MR) is 76.2 cm³/mol. The minimum Gasteiger partial charge on any atom is -0.185 e. The van der Waals surface area contributed by atoms with Crippen molar-refractivity contribution < 1.29 is 0 Å². The Morgan fingerprint density at radius 2 is 1.82 bits per heavy atom. The summed E-state index contributed by atoms with van der Waals surface area (Å²) < 4.78 is 0. The normalized spacial score (nSPS) is 13.1. The van der Waals surface area contributed by atoms with E-state index in [0.717, 1.165) is 12.2 Å². The summed E-state index contributed by atoms with van der Waals surface area (Å²) in [5.74, 6) is 1.45. The Balaban J connectivity index is 2.65. The molecule has 0 fully saturated rings. The van der Waals surface area contributed by atoms with Crippen LogP contribution < -0.4 is 0 Å². The van der Waals surface area contributed by atoms with Crippen LogP contribution in [-0.2, 0) is 5.41 Å². The molecule has 0 aliphatic carbocycles. The van der Waals surface area contributed by atoms with Crippen LogP contribution in [0.25, 0.3) is 0 Å². The van der Waals surface area contributed by atoms with Crippen molar-refractivity contribution in [2.24, 2.45) is 0 Å². The van der Waals surface area contributed by atoms with Crippen LogP contribution in [-0.4, -0.2) is 5.75 Å². The Kier molecular flexibility index (Phi) is 5.08. The van der Waals surface area contributed by atoms with E-state index >= 15 is 0 Å². The highest BCUT2D eigenvalue weighted by Gasteiger charge is 2.13. The number of thioether (sulfide) groups is 1. The van der Waals surface area contributed by atoms with Crippen LogP contribution >= 0.6 is 11.8 Å². The van der Waals surface area contributed by atoms with E-state index in [9.17, 15) is 0 Å². The highest BCUT2D eigenvalue weighted by Crippen LogP contribution is 2.26. The number of benzene rings is 1. The van der Waals surface area contributed by atoms with Crippen molar-refractivity contribution in [3.05, 3.63) is 35.4 Å². The molecular formula is C15H21NS. The van der Waals surface area contributed by atoms with Crippen LogP contribution in [0.1, 0.15) is 51.2 Å². The largest absolute Gasteiger partial charge is 0.185 e. The van der Waals surface area contributed by atoms with Crippen LogP contribution in [0.2, 0.25) is 0 Å². The zero-order chi connectivity index (χ0) is 12.9. The van der Waals surface area contributed by atoms with Gasteiger partial charge in [-0.15, -0.1) is 0 Å². The molecule has 0 bridgehead atoms. The number of rotatable bonds is 4. The molecule has 0 aromatic heterocycles. The average Bonchev–Trinajstić information content (AvgIpc) is 2.28. The van der Waals surface area contributed by atoms with Crippen molar-refractivity contribution in [2.75, 3.05) is 5.75 Å². The minimum absolute atomic E-state index is 0.221. The van der Waals surface area contributed by atoms with Crippen molar-refractivity contribution in [3.63, 3.8) is 0 Å². The van der Waals surface area contributed by atoms with Crippen LogP contribution in [0.15, 0.2) is 24.3 Å². The maximum Gasteiger partial charge on any atom is 0.133 e. The molecule has 1 aromatic carbocycles. The van der Waals surface area contributed by atoms with Gasteiger partial charge in [0.25, 0.3) is 0 Å². The number of hydrogen-bond acceptors (Lipinski definition) is 2. The minimum atomic E-state index is 0.221. The van der Waals surface area contributed by atoms with Gasteiger partial charge in [0.1, 0.15) is 5.40 Å². The number of nitriles is 1. The molecule has 1 aromatic rings. The third kappa shape index (κ3) is 4.44. The molecule has 0 spiro atoms. The van der Waals surface area contributed by atoms with E-state index in [0.29, 0.717) is 5.92 Å². The predicted octanol–water partition coefficient (Wildman–Crippen LogP) is 4.69. The van der Waals surface area contributed by atoms with Gasteiger partial charge in [0.2, 0.25) is 0 Å². The summed E-state index contributed by atoms with van der Waals surface area (Å²) in [5, 5.41) is 10.6. The lowest BCUT2D eigenvalue weighted by atomic mass is 9.85. The van der Waals surface area contributed by atoms with E-state index in [-0.39, 0.29) is 5.41 Å². The van der Waals surface area contributed by atoms with E-state index in [2.05, 4.69) is 57.4 Å². The van der Waals surface area contributed by atoms with E-state index in [1.54, 1.807) is 0 Å². The summed E-state index contributed by atoms with van der Waals surface area (Å²) in [6.07, 6.45) is 1.06. The van der Waals surface area contributed by atoms with Crippen molar-refractivity contribution in [1.82, 2.24) is 0 Å². The molecule has 1 nitrogen and oxygen atoms in total. The van der Waals surface area contributed by atoms with Gasteiger partial charge >= 0.3 is 0 Å². The standard InChI is InChI=1S/C15H21NS/c1-12(9-10-17-11-16)13-5-7-14(8-6-13)15(2,3)4/h5-8,12H,9-10H2,1-4H3. The maximum atomic E-state index is 8.49. The first kappa shape index (κ1) is 14.1. The first-order valence-electron chi connectivity index (χ1n) is 6.06. The Morgan fingerprint density at radius 1 is 1.24 bits per heavy atom. The SMILES string of the molecule is CC(CCSC#N)c1ccc(C(C)(C)C)cc1. The lowest BCUT2D eigenvalue weighted by molar-refractivity contribution is 0.589. The molecule has 0 saturated carbocycles. The summed E-state index contributed by atoms with van der Waals surface area (Å²) in [6.45, 7) is 8.92. The lowest BCUT2D eigenvalue weighted by Gasteiger charge is -2.20. The second-order valence-electron chi connectivity index (χ2n) is 5.50. The molecule has 0 N–H and O–H groups in total. The number of hydrogen-bond donors (Lipinski definition) is 0. The topological polar surface area (TPSA) is 23.8 Å². The van der Waals surface area contributed by atoms with Gasteiger partial charge < -0.3 is 0 Å². The summed E-state index contributed by atoms with van der Waals surface area (Å²) >= 11 is 1.34. The average molecular weight is 247 g/mol. The fraction of sp³-hybridized carbons (Fsp3) is 0.533. The second-order valence-corrected chi connectivity index (χ2v) is 6.38. The van der Waals surface area contributed by atoms with E-state index < -0.39 is 0 Å². The summed E-state index contributed by atoms with van der Waals surface area (Å²) in [4.78, 5) is 0. The molecule has 0 amide bonds. The summed E-state index contributed by atoms with van der Waals surface area (Å²) in [7, 11) is 0. The fourth-order valence-electron chi connectivity index (χ4n) is 1.76. The molecule has 1 rings (SSSR count). The Hall–Kier alpha value is -0.940. The van der Waals surface area contributed by atoms with Crippen molar-refractivity contribution in [3.8, 4) is 5.40 Å². The van der Waals surface area contributed by atoms with Gasteiger partial charge in [-0.2, -0.15) is 5.26 Å². The first-order chi connectivity index (χ1) is 7.95. The van der Waals surface area contributed by atoms with Crippen LogP contribution in [0.3, 0.4) is 0 Å². The van der Waals surface area contributed by atoms with E-state index in [1.165, 1.54) is 22.9 Å². The second kappa shape index (κ2) is 6.12. The Morgan fingerprint density at radius 3 is 2.29 bits per heavy atom. The van der Waals surface area contributed by atoms with Gasteiger partial charge in [-0.1, -0.05) is 52.0 Å². The van der Waals surface area contributed by atoms with Gasteiger partial charge in [0.15, 0.2) is 0 Å². The monoisotopic (exact) mass is 247 g/mol. The van der Waals surface area contributed by atoms with Gasteiger partial charge in [-0.25, -0.2) is 0 Å². The highest BCUT2D eigenvalue weighted by atomic mass is 32.2. The Labute approximate surface area is 109 Å². The zero-order valence-corrected chi connectivity index (χ0v) is 12.0. The fourth-order valence-corrected chi connectivity index (χ4v) is 2.32.